The molecule has 29 heavy (non-hydrogen) atoms. The number of thiophene rings is 1. The predicted octanol–water partition coefficient (Wildman–Crippen LogP) is 4.71. The Morgan fingerprint density at radius 3 is 2.31 bits per heavy atom. The number of Topliss-reactive ketones (excluding diaryl/α,β-unsaturated/α-hetero) is 1. The van der Waals surface area contributed by atoms with Crippen LogP contribution in [0.15, 0.2) is 41.8 Å². The molecular formula is C23H29N3O2S. The second-order valence-corrected chi connectivity index (χ2v) is 9.04. The first-order valence-corrected chi connectivity index (χ1v) is 11.4. The van der Waals surface area contributed by atoms with E-state index in [0.29, 0.717) is 19.0 Å². The maximum absolute atomic E-state index is 13.0. The van der Waals surface area contributed by atoms with Gasteiger partial charge < -0.3 is 15.1 Å². The SMILES string of the molecule is CC(=O)c1ccc(N2CCN(C(=O)NC(c3cccs3)C3CCCC3)CC2)cc1. The Labute approximate surface area is 176 Å². The minimum atomic E-state index is 0.0573. The zero-order valence-corrected chi connectivity index (χ0v) is 17.8. The van der Waals surface area contributed by atoms with Gasteiger partial charge in [0, 0.05) is 42.3 Å². The maximum Gasteiger partial charge on any atom is 0.318 e. The fourth-order valence-electron chi connectivity index (χ4n) is 4.48. The molecule has 1 aromatic carbocycles. The summed E-state index contributed by atoms with van der Waals surface area (Å²) in [5.74, 6) is 0.638. The van der Waals surface area contributed by atoms with Crippen molar-refractivity contribution in [3.63, 3.8) is 0 Å². The molecule has 1 aliphatic heterocycles. The summed E-state index contributed by atoms with van der Waals surface area (Å²) in [6.07, 6.45) is 4.94. The van der Waals surface area contributed by atoms with Crippen molar-refractivity contribution in [2.24, 2.45) is 5.92 Å². The largest absolute Gasteiger partial charge is 0.368 e. The number of piperazine rings is 1. The molecule has 0 bridgehead atoms. The zero-order valence-electron chi connectivity index (χ0n) is 17.0. The molecule has 1 N–H and O–H groups in total. The minimum Gasteiger partial charge on any atom is -0.368 e. The Balaban J connectivity index is 1.35. The normalized spacial score (nSPS) is 18.7. The highest BCUT2D eigenvalue weighted by Crippen LogP contribution is 2.37. The van der Waals surface area contributed by atoms with E-state index in [1.807, 2.05) is 29.2 Å². The number of anilines is 1. The molecule has 2 fully saturated rings. The molecule has 1 aliphatic carbocycles. The van der Waals surface area contributed by atoms with Crippen LogP contribution in [-0.4, -0.2) is 42.9 Å². The fourth-order valence-corrected chi connectivity index (χ4v) is 5.35. The van der Waals surface area contributed by atoms with Gasteiger partial charge in [-0.25, -0.2) is 4.79 Å². The first-order valence-electron chi connectivity index (χ1n) is 10.6. The van der Waals surface area contributed by atoms with Crippen molar-refractivity contribution in [1.29, 1.82) is 0 Å². The van der Waals surface area contributed by atoms with Gasteiger partial charge in [0.1, 0.15) is 0 Å². The Bertz CT molecular complexity index is 820. The van der Waals surface area contributed by atoms with Gasteiger partial charge in [0.05, 0.1) is 6.04 Å². The Morgan fingerprint density at radius 1 is 1.03 bits per heavy atom. The van der Waals surface area contributed by atoms with Crippen molar-refractivity contribution >= 4 is 28.8 Å². The molecule has 4 rings (SSSR count). The Hall–Kier alpha value is -2.34. The molecule has 1 atom stereocenters. The van der Waals surface area contributed by atoms with Gasteiger partial charge in [-0.15, -0.1) is 11.3 Å². The minimum absolute atomic E-state index is 0.0573. The summed E-state index contributed by atoms with van der Waals surface area (Å²) in [5.41, 5.74) is 1.84. The molecule has 2 heterocycles. The van der Waals surface area contributed by atoms with Crippen LogP contribution in [0.1, 0.15) is 53.9 Å². The van der Waals surface area contributed by atoms with Crippen molar-refractivity contribution in [3.8, 4) is 0 Å². The van der Waals surface area contributed by atoms with Crippen molar-refractivity contribution in [2.75, 3.05) is 31.1 Å². The summed E-state index contributed by atoms with van der Waals surface area (Å²) in [6.45, 7) is 4.62. The summed E-state index contributed by atoms with van der Waals surface area (Å²) < 4.78 is 0. The molecular weight excluding hydrogens is 382 g/mol. The molecule has 0 radical (unpaired) electrons. The van der Waals surface area contributed by atoms with E-state index in [2.05, 4.69) is 27.7 Å². The third-order valence-corrected chi connectivity index (χ3v) is 7.16. The van der Waals surface area contributed by atoms with Crippen LogP contribution in [-0.2, 0) is 0 Å². The van der Waals surface area contributed by atoms with E-state index < -0.39 is 0 Å². The lowest BCUT2D eigenvalue weighted by atomic mass is 9.97. The first kappa shape index (κ1) is 20.0. The van der Waals surface area contributed by atoms with Crippen LogP contribution < -0.4 is 10.2 Å². The van der Waals surface area contributed by atoms with Crippen molar-refractivity contribution < 1.29 is 9.59 Å². The second kappa shape index (κ2) is 8.99. The lowest BCUT2D eigenvalue weighted by Crippen LogP contribution is -2.52. The van der Waals surface area contributed by atoms with E-state index in [-0.39, 0.29) is 17.9 Å². The highest BCUT2D eigenvalue weighted by Gasteiger charge is 2.30. The molecule has 1 unspecified atom stereocenters. The van der Waals surface area contributed by atoms with Crippen molar-refractivity contribution in [2.45, 2.75) is 38.6 Å². The molecule has 154 valence electrons. The van der Waals surface area contributed by atoms with E-state index in [9.17, 15) is 9.59 Å². The van der Waals surface area contributed by atoms with Gasteiger partial charge in [0.2, 0.25) is 0 Å². The van der Waals surface area contributed by atoms with Gasteiger partial charge >= 0.3 is 6.03 Å². The molecule has 1 saturated carbocycles. The van der Waals surface area contributed by atoms with E-state index in [1.165, 1.54) is 30.6 Å². The van der Waals surface area contributed by atoms with Crippen molar-refractivity contribution in [1.82, 2.24) is 10.2 Å². The third kappa shape index (κ3) is 4.64. The number of benzene rings is 1. The lowest BCUT2D eigenvalue weighted by molar-refractivity contribution is 0.101. The number of urea groups is 1. The molecule has 1 aromatic heterocycles. The number of carbonyl (C=O) groups is 2. The maximum atomic E-state index is 13.0. The number of amides is 2. The molecule has 0 spiro atoms. The van der Waals surface area contributed by atoms with Gasteiger partial charge in [-0.1, -0.05) is 18.9 Å². The predicted molar refractivity (Wildman–Crippen MR) is 118 cm³/mol. The van der Waals surface area contributed by atoms with Crippen LogP contribution in [0.3, 0.4) is 0 Å². The molecule has 1 saturated heterocycles. The number of nitrogens with zero attached hydrogens (tertiary/aromatic N) is 2. The summed E-state index contributed by atoms with van der Waals surface area (Å²) in [4.78, 5) is 29.9. The summed E-state index contributed by atoms with van der Waals surface area (Å²) in [7, 11) is 0. The Kier molecular flexibility index (Phi) is 6.19. The summed E-state index contributed by atoms with van der Waals surface area (Å²) >= 11 is 1.74. The van der Waals surface area contributed by atoms with Gasteiger partial charge in [-0.2, -0.15) is 0 Å². The summed E-state index contributed by atoms with van der Waals surface area (Å²) in [6, 6.07) is 12.2. The van der Waals surface area contributed by atoms with Gasteiger partial charge in [-0.05, 0) is 61.4 Å². The van der Waals surface area contributed by atoms with Gasteiger partial charge in [0.25, 0.3) is 0 Å². The molecule has 2 amide bonds. The fraction of sp³-hybridized carbons (Fsp3) is 0.478. The zero-order chi connectivity index (χ0) is 20.2. The topological polar surface area (TPSA) is 52.7 Å². The van der Waals surface area contributed by atoms with Crippen LogP contribution in [0.25, 0.3) is 0 Å². The van der Waals surface area contributed by atoms with Crippen LogP contribution in [0, 0.1) is 5.92 Å². The second-order valence-electron chi connectivity index (χ2n) is 8.06. The van der Waals surface area contributed by atoms with E-state index in [1.54, 1.807) is 18.3 Å². The van der Waals surface area contributed by atoms with Crippen LogP contribution in [0.5, 0.6) is 0 Å². The lowest BCUT2D eigenvalue weighted by Gasteiger charge is -2.37. The van der Waals surface area contributed by atoms with Crippen LogP contribution in [0.4, 0.5) is 10.5 Å². The van der Waals surface area contributed by atoms with Crippen LogP contribution >= 0.6 is 11.3 Å². The molecule has 5 nitrogen and oxygen atoms in total. The average molecular weight is 412 g/mol. The van der Waals surface area contributed by atoms with Gasteiger partial charge in [0.15, 0.2) is 5.78 Å². The third-order valence-electron chi connectivity index (χ3n) is 6.21. The smallest absolute Gasteiger partial charge is 0.318 e. The van der Waals surface area contributed by atoms with E-state index in [4.69, 9.17) is 0 Å². The molecule has 6 heteroatoms. The molecule has 2 aromatic rings. The monoisotopic (exact) mass is 411 g/mol. The van der Waals surface area contributed by atoms with E-state index >= 15 is 0 Å². The first-order chi connectivity index (χ1) is 14.1. The quantitative estimate of drug-likeness (QED) is 0.725. The number of carbonyl (C=O) groups excluding carboxylic acids is 2. The standard InChI is InChI=1S/C23H29N3O2S/c1-17(27)18-8-10-20(11-9-18)25-12-14-26(15-13-25)23(28)24-22(19-5-2-3-6-19)21-7-4-16-29-21/h4,7-11,16,19,22H,2-3,5-6,12-15H2,1H3,(H,24,28). The average Bonchev–Trinajstić information content (AvgIpc) is 3.46. The number of nitrogens with one attached hydrogen (secondary N) is 1. The van der Waals surface area contributed by atoms with Gasteiger partial charge in [-0.3, -0.25) is 4.79 Å². The number of hydrogen-bond donors (Lipinski definition) is 1. The Morgan fingerprint density at radius 2 is 1.72 bits per heavy atom. The number of ketones is 1. The number of hydrogen-bond acceptors (Lipinski definition) is 4. The number of rotatable bonds is 5. The molecule has 2 aliphatic rings. The van der Waals surface area contributed by atoms with Crippen LogP contribution in [0.2, 0.25) is 0 Å². The highest BCUT2D eigenvalue weighted by atomic mass is 32.1. The van der Waals surface area contributed by atoms with Crippen molar-refractivity contribution in [3.05, 3.63) is 52.2 Å². The highest BCUT2D eigenvalue weighted by molar-refractivity contribution is 7.10. The van der Waals surface area contributed by atoms with E-state index in [0.717, 1.165) is 24.3 Å². The summed E-state index contributed by atoms with van der Waals surface area (Å²) in [5, 5.41) is 5.44.